The Hall–Kier alpha value is -8.60. The number of carbonyl (C=O) groups is 1. The van der Waals surface area contributed by atoms with Crippen LogP contribution < -0.4 is 44.6 Å². The highest BCUT2D eigenvalue weighted by atomic mass is 32.2. The first-order valence-electron chi connectivity index (χ1n) is 23.8. The number of amides is 1. The maximum atomic E-state index is 13.8. The van der Waals surface area contributed by atoms with E-state index in [1.165, 1.54) is 69.9 Å². The van der Waals surface area contributed by atoms with Crippen LogP contribution in [0.2, 0.25) is 0 Å². The minimum atomic E-state index is -4.32. The normalized spacial score (nSPS) is 13.1. The largest absolute Gasteiger partial charge is 0.494 e. The third-order valence-corrected chi connectivity index (χ3v) is 15.4. The van der Waals surface area contributed by atoms with Gasteiger partial charge in [-0.25, -0.2) is 46.7 Å². The first-order valence-corrected chi connectivity index (χ1v) is 27.0. The number of methoxy groups -OCH3 is 8. The molecule has 420 valence electrons. The molecular weight excluding hydrogens is 1070 g/mol. The molecule has 2 aromatic carbocycles. The van der Waals surface area contributed by atoms with E-state index in [9.17, 15) is 21.6 Å². The SMILES string of the molecule is COc1cccc(-c2nnc(CS(=O)(=O)[C@@H](C)[C@H](OC)c3ncc(C)cn3)n2-c2c(OC)cccc2OC)n1.COc1cccc(C(=O)NNC(=NS(=O)(=O)[C@@H](C)[C@H](OC)c2ncc(C)cn2)Nc2c(OC)cccc2OC)n1. The van der Waals surface area contributed by atoms with Gasteiger partial charge in [0.25, 0.3) is 15.9 Å². The van der Waals surface area contributed by atoms with Gasteiger partial charge in [0.2, 0.25) is 17.7 Å². The number of nitrogens with one attached hydrogen (secondary N) is 3. The number of aromatic nitrogens is 9. The fourth-order valence-electron chi connectivity index (χ4n) is 7.50. The average Bonchev–Trinajstić information content (AvgIpc) is 3.94. The molecule has 0 aliphatic rings. The zero-order valence-electron chi connectivity index (χ0n) is 45.3. The third-order valence-electron chi connectivity index (χ3n) is 11.7. The smallest absolute Gasteiger partial charge is 0.288 e. The quantitative estimate of drug-likeness (QED) is 0.0475. The Kier molecular flexibility index (Phi) is 20.5. The molecule has 1 amide bonds. The highest BCUT2D eigenvalue weighted by molar-refractivity contribution is 7.91. The number of sulfonamides is 1. The summed E-state index contributed by atoms with van der Waals surface area (Å²) in [5, 5.41) is 9.22. The van der Waals surface area contributed by atoms with Gasteiger partial charge < -0.3 is 43.2 Å². The number of nitrogens with zero attached hydrogens (tertiary/aromatic N) is 10. The van der Waals surface area contributed by atoms with Gasteiger partial charge in [-0.3, -0.25) is 20.2 Å². The van der Waals surface area contributed by atoms with Gasteiger partial charge >= 0.3 is 0 Å². The number of aryl methyl sites for hydroxylation is 2. The van der Waals surface area contributed by atoms with Crippen LogP contribution in [0.3, 0.4) is 0 Å². The number of benzene rings is 2. The monoisotopic (exact) mass is 1130 g/mol. The molecule has 0 spiro atoms. The number of hydrazine groups is 1. The van der Waals surface area contributed by atoms with Crippen LogP contribution in [0, 0.1) is 13.8 Å². The lowest BCUT2D eigenvalue weighted by molar-refractivity contribution is 0.0936. The van der Waals surface area contributed by atoms with E-state index in [1.807, 2.05) is 6.92 Å². The predicted molar refractivity (Wildman–Crippen MR) is 290 cm³/mol. The minimum Gasteiger partial charge on any atom is -0.494 e. The van der Waals surface area contributed by atoms with Crippen molar-refractivity contribution in [3.8, 4) is 52.0 Å². The molecule has 0 saturated carbocycles. The maximum absolute atomic E-state index is 13.8. The molecule has 0 saturated heterocycles. The van der Waals surface area contributed by atoms with Gasteiger partial charge in [-0.15, -0.1) is 14.6 Å². The van der Waals surface area contributed by atoms with E-state index in [1.54, 1.807) is 110 Å². The zero-order valence-corrected chi connectivity index (χ0v) is 47.0. The standard InChI is InChI=1S/C26H30N6O6S.C25H31N7O7S/c1-16-13-27-25(28-14-16)24(38-6)17(2)39(33,34)15-21-30-31-26(18-9-7-12-22(29-18)37-5)32(21)23-19(35-3)10-8-11-20(23)36-4;1-15-13-26-23(27-14-15)22(39-6)16(2)40(34,35)32-25(29-21-18(36-3)10-8-11-19(21)37-4)31-30-24(33)17-9-7-12-20(28-17)38-5/h7-14,17,24H,15H2,1-6H3;7-14,16,22H,1-6H3,(H,30,33)(H2,29,31,32)/t17-,24-;16-,22-/m00/s1. The molecule has 0 bridgehead atoms. The van der Waals surface area contributed by atoms with Crippen molar-refractivity contribution in [2.75, 3.05) is 62.2 Å². The summed E-state index contributed by atoms with van der Waals surface area (Å²) in [6.07, 6.45) is 4.42. The van der Waals surface area contributed by atoms with Crippen LogP contribution in [0.1, 0.15) is 65.1 Å². The lowest BCUT2D eigenvalue weighted by Crippen LogP contribution is -2.46. The fraction of sp³-hybridized carbons (Fsp3) is 0.333. The van der Waals surface area contributed by atoms with Gasteiger partial charge in [0.1, 0.15) is 69.0 Å². The van der Waals surface area contributed by atoms with Crippen LogP contribution in [0.15, 0.2) is 102 Å². The number of guanidine groups is 1. The van der Waals surface area contributed by atoms with Crippen LogP contribution in [-0.4, -0.2) is 141 Å². The van der Waals surface area contributed by atoms with E-state index in [2.05, 4.69) is 60.7 Å². The molecule has 0 fully saturated rings. The number of pyridine rings is 2. The summed E-state index contributed by atoms with van der Waals surface area (Å²) in [7, 11) is 3.37. The van der Waals surface area contributed by atoms with Crippen molar-refractivity contribution in [2.45, 2.75) is 56.2 Å². The van der Waals surface area contributed by atoms with Gasteiger partial charge in [-0.05, 0) is 75.2 Å². The number of sulfone groups is 1. The van der Waals surface area contributed by atoms with E-state index in [0.29, 0.717) is 40.3 Å². The molecule has 0 radical (unpaired) electrons. The molecule has 3 N–H and O–H groups in total. The third kappa shape index (κ3) is 14.5. The van der Waals surface area contributed by atoms with Crippen molar-refractivity contribution >= 4 is 37.4 Å². The van der Waals surface area contributed by atoms with Crippen LogP contribution in [-0.2, 0) is 35.1 Å². The van der Waals surface area contributed by atoms with E-state index in [0.717, 1.165) is 11.1 Å². The summed E-state index contributed by atoms with van der Waals surface area (Å²) in [5.74, 6) is 1.39. The Morgan fingerprint density at radius 2 is 1.08 bits per heavy atom. The molecule has 0 aliphatic heterocycles. The Balaban J connectivity index is 0.000000255. The average molecular weight is 1130 g/mol. The van der Waals surface area contributed by atoms with E-state index in [4.69, 9.17) is 37.9 Å². The lowest BCUT2D eigenvalue weighted by Gasteiger charge is -2.22. The summed E-state index contributed by atoms with van der Waals surface area (Å²) in [6, 6.07) is 20.0. The Bertz CT molecular complexity index is 3400. The van der Waals surface area contributed by atoms with E-state index >= 15 is 0 Å². The van der Waals surface area contributed by atoms with Crippen LogP contribution in [0.25, 0.3) is 17.2 Å². The number of ether oxygens (including phenoxy) is 8. The second-order valence-corrected chi connectivity index (χ2v) is 21.2. The number of hydrogen-bond donors (Lipinski definition) is 3. The van der Waals surface area contributed by atoms with Crippen LogP contribution >= 0.6 is 0 Å². The molecule has 79 heavy (non-hydrogen) atoms. The molecule has 0 aliphatic carbocycles. The highest BCUT2D eigenvalue weighted by Crippen LogP contribution is 2.38. The van der Waals surface area contributed by atoms with Gasteiger partial charge in [0.15, 0.2) is 33.1 Å². The lowest BCUT2D eigenvalue weighted by atomic mass is 10.2. The van der Waals surface area contributed by atoms with Gasteiger partial charge in [0, 0.05) is 51.1 Å². The summed E-state index contributed by atoms with van der Waals surface area (Å²) in [5.41, 5.74) is 7.65. The number of anilines is 1. The number of hydrogen-bond acceptors (Lipinski definition) is 21. The summed E-state index contributed by atoms with van der Waals surface area (Å²) in [6.45, 7) is 6.62. The molecule has 0 unspecified atom stereocenters. The molecule has 5 aromatic heterocycles. The Labute approximate surface area is 457 Å². The highest BCUT2D eigenvalue weighted by Gasteiger charge is 2.36. The van der Waals surface area contributed by atoms with E-state index < -0.39 is 54.2 Å². The Morgan fingerprint density at radius 3 is 1.58 bits per heavy atom. The van der Waals surface area contributed by atoms with Crippen LogP contribution in [0.5, 0.6) is 34.8 Å². The fourth-order valence-corrected chi connectivity index (χ4v) is 9.98. The number of para-hydroxylation sites is 2. The minimum absolute atomic E-state index is 0.00765. The first kappa shape index (κ1) is 59.6. The molecule has 7 rings (SSSR count). The molecule has 4 atom stereocenters. The molecular formula is C51H61N13O13S2. The van der Waals surface area contributed by atoms with Crippen molar-refractivity contribution in [1.82, 2.24) is 55.5 Å². The van der Waals surface area contributed by atoms with Crippen molar-refractivity contribution < 1.29 is 59.5 Å². The number of rotatable bonds is 21. The van der Waals surface area contributed by atoms with Crippen molar-refractivity contribution in [3.05, 3.63) is 132 Å². The molecule has 26 nitrogen and oxygen atoms in total. The summed E-state index contributed by atoms with van der Waals surface area (Å²) < 4.78 is 103. The van der Waals surface area contributed by atoms with Crippen molar-refractivity contribution in [1.29, 1.82) is 0 Å². The molecule has 28 heteroatoms. The molecule has 7 aromatic rings. The first-order chi connectivity index (χ1) is 37.9. The molecule has 5 heterocycles. The van der Waals surface area contributed by atoms with Gasteiger partial charge in [-0.1, -0.05) is 24.3 Å². The topological polar surface area (TPSA) is 316 Å². The zero-order chi connectivity index (χ0) is 57.4. The van der Waals surface area contributed by atoms with Gasteiger partial charge in [0.05, 0.1) is 47.9 Å². The van der Waals surface area contributed by atoms with E-state index in [-0.39, 0.29) is 46.5 Å². The van der Waals surface area contributed by atoms with Crippen molar-refractivity contribution in [2.24, 2.45) is 4.40 Å². The van der Waals surface area contributed by atoms with Crippen LogP contribution in [0.4, 0.5) is 5.69 Å². The second-order valence-electron chi connectivity index (χ2n) is 16.9. The van der Waals surface area contributed by atoms with Gasteiger partial charge in [-0.2, -0.15) is 0 Å². The second kappa shape index (κ2) is 27.1. The summed E-state index contributed by atoms with van der Waals surface area (Å²) >= 11 is 0. The predicted octanol–water partition coefficient (Wildman–Crippen LogP) is 5.16. The summed E-state index contributed by atoms with van der Waals surface area (Å²) in [4.78, 5) is 38.3. The number of carbonyl (C=O) groups excluding carboxylic acids is 1. The Morgan fingerprint density at radius 1 is 0.595 bits per heavy atom. The maximum Gasteiger partial charge on any atom is 0.288 e. The van der Waals surface area contributed by atoms with Crippen molar-refractivity contribution in [3.63, 3.8) is 0 Å².